The van der Waals surface area contributed by atoms with Gasteiger partial charge in [0.25, 0.3) is 0 Å². The second kappa shape index (κ2) is 12.0. The molecule has 0 aliphatic rings. The monoisotopic (exact) mass is 478 g/mol. The summed E-state index contributed by atoms with van der Waals surface area (Å²) < 4.78 is 25.0. The van der Waals surface area contributed by atoms with Crippen molar-refractivity contribution in [2.75, 3.05) is 0 Å². The summed E-state index contributed by atoms with van der Waals surface area (Å²) in [6, 6.07) is 18.5. The van der Waals surface area contributed by atoms with E-state index in [-0.39, 0.29) is 12.2 Å². The van der Waals surface area contributed by atoms with Crippen molar-refractivity contribution in [1.82, 2.24) is 0 Å². The highest BCUT2D eigenvalue weighted by Crippen LogP contribution is 2.15. The van der Waals surface area contributed by atoms with Crippen LogP contribution in [0.25, 0.3) is 0 Å². The first kappa shape index (κ1) is 25.7. The van der Waals surface area contributed by atoms with Crippen molar-refractivity contribution in [2.24, 2.45) is 0 Å². The standard InChI is InChI=1S/C31H23FO4/c1-21(2)30(33)35-20-26-9-5-7-23(17-26)13-15-27-16-14-25(19-29(27)32)12-11-24-8-6-10-28(18-24)36-31(34)22(3)4/h5-10,14,16-19H,1,3,20H2,2,4H3. The van der Waals surface area contributed by atoms with Crippen LogP contribution in [0.4, 0.5) is 4.39 Å². The maximum absolute atomic E-state index is 14.6. The van der Waals surface area contributed by atoms with E-state index in [0.29, 0.717) is 33.6 Å². The first-order valence-electron chi connectivity index (χ1n) is 10.9. The molecule has 0 radical (unpaired) electrons. The molecule has 0 spiro atoms. The van der Waals surface area contributed by atoms with Gasteiger partial charge in [0, 0.05) is 27.8 Å². The Bertz CT molecular complexity index is 1480. The highest BCUT2D eigenvalue weighted by molar-refractivity contribution is 5.88. The van der Waals surface area contributed by atoms with Gasteiger partial charge in [0.05, 0.1) is 5.56 Å². The Hall–Kier alpha value is -4.87. The van der Waals surface area contributed by atoms with Gasteiger partial charge in [-0.15, -0.1) is 0 Å². The maximum Gasteiger partial charge on any atom is 0.338 e. The molecular weight excluding hydrogens is 455 g/mol. The Morgan fingerprint density at radius 1 is 0.778 bits per heavy atom. The fraction of sp³-hybridized carbons (Fsp3) is 0.0968. The minimum atomic E-state index is -0.517. The first-order chi connectivity index (χ1) is 17.2. The Morgan fingerprint density at radius 3 is 2.06 bits per heavy atom. The lowest BCUT2D eigenvalue weighted by molar-refractivity contribution is -0.140. The summed E-state index contributed by atoms with van der Waals surface area (Å²) in [6.45, 7) is 10.3. The van der Waals surface area contributed by atoms with E-state index in [4.69, 9.17) is 9.47 Å². The van der Waals surface area contributed by atoms with Crippen LogP contribution in [0.5, 0.6) is 5.75 Å². The van der Waals surface area contributed by atoms with Gasteiger partial charge < -0.3 is 9.47 Å². The predicted molar refractivity (Wildman–Crippen MR) is 136 cm³/mol. The predicted octanol–water partition coefficient (Wildman–Crippen LogP) is 5.73. The zero-order valence-electron chi connectivity index (χ0n) is 20.0. The molecule has 0 heterocycles. The van der Waals surface area contributed by atoms with Gasteiger partial charge in [0.1, 0.15) is 18.2 Å². The van der Waals surface area contributed by atoms with Crippen molar-refractivity contribution in [3.05, 3.63) is 125 Å². The number of carbonyl (C=O) groups is 2. The molecule has 0 saturated heterocycles. The van der Waals surface area contributed by atoms with Crippen LogP contribution in [0.15, 0.2) is 91.0 Å². The average Bonchev–Trinajstić information content (AvgIpc) is 2.85. The number of hydrogen-bond acceptors (Lipinski definition) is 4. The molecule has 4 nitrogen and oxygen atoms in total. The lowest BCUT2D eigenvalue weighted by atomic mass is 10.1. The van der Waals surface area contributed by atoms with E-state index in [9.17, 15) is 14.0 Å². The molecule has 5 heteroatoms. The molecule has 0 aliphatic carbocycles. The van der Waals surface area contributed by atoms with Gasteiger partial charge >= 0.3 is 11.9 Å². The van der Waals surface area contributed by atoms with Gasteiger partial charge in [-0.1, -0.05) is 55.0 Å². The van der Waals surface area contributed by atoms with Crippen molar-refractivity contribution in [1.29, 1.82) is 0 Å². The summed E-state index contributed by atoms with van der Waals surface area (Å²) in [7, 11) is 0. The molecule has 0 aliphatic heterocycles. The van der Waals surface area contributed by atoms with Gasteiger partial charge in [-0.3, -0.25) is 0 Å². The summed E-state index contributed by atoms with van der Waals surface area (Å²) in [4.78, 5) is 23.2. The number of rotatable bonds is 5. The quantitative estimate of drug-likeness (QED) is 0.204. The van der Waals surface area contributed by atoms with E-state index < -0.39 is 17.8 Å². The molecule has 0 saturated carbocycles. The van der Waals surface area contributed by atoms with Crippen LogP contribution in [0.3, 0.4) is 0 Å². The maximum atomic E-state index is 14.6. The van der Waals surface area contributed by atoms with Crippen molar-refractivity contribution >= 4 is 11.9 Å². The van der Waals surface area contributed by atoms with Crippen molar-refractivity contribution in [3.8, 4) is 29.4 Å². The molecule has 36 heavy (non-hydrogen) atoms. The van der Waals surface area contributed by atoms with Crippen LogP contribution >= 0.6 is 0 Å². The zero-order valence-corrected chi connectivity index (χ0v) is 20.0. The second-order valence-corrected chi connectivity index (χ2v) is 7.95. The van der Waals surface area contributed by atoms with E-state index in [0.717, 1.165) is 5.56 Å². The Kier molecular flexibility index (Phi) is 8.59. The molecule has 0 fully saturated rings. The number of halogens is 1. The van der Waals surface area contributed by atoms with Crippen LogP contribution in [0, 0.1) is 29.5 Å². The average molecular weight is 479 g/mol. The zero-order chi connectivity index (χ0) is 26.1. The molecule has 0 unspecified atom stereocenters. The van der Waals surface area contributed by atoms with Gasteiger partial charge in [0.15, 0.2) is 0 Å². The molecule has 0 atom stereocenters. The van der Waals surface area contributed by atoms with Crippen molar-refractivity contribution in [3.63, 3.8) is 0 Å². The highest BCUT2D eigenvalue weighted by atomic mass is 19.1. The van der Waals surface area contributed by atoms with Crippen LogP contribution in [-0.2, 0) is 20.9 Å². The molecule has 3 aromatic carbocycles. The minimum absolute atomic E-state index is 0.0994. The summed E-state index contributed by atoms with van der Waals surface area (Å²) in [5.74, 6) is 10.5. The topological polar surface area (TPSA) is 52.6 Å². The number of esters is 2. The van der Waals surface area contributed by atoms with E-state index in [1.807, 2.05) is 6.07 Å². The largest absolute Gasteiger partial charge is 0.457 e. The van der Waals surface area contributed by atoms with Crippen LogP contribution in [0.1, 0.15) is 41.7 Å². The molecule has 3 rings (SSSR count). The Balaban J connectivity index is 1.71. The lowest BCUT2D eigenvalue weighted by Gasteiger charge is -2.04. The summed E-state index contributed by atoms with van der Waals surface area (Å²) >= 11 is 0. The molecule has 178 valence electrons. The highest BCUT2D eigenvalue weighted by Gasteiger charge is 2.06. The fourth-order valence-electron chi connectivity index (χ4n) is 2.82. The van der Waals surface area contributed by atoms with Crippen molar-refractivity contribution < 1.29 is 23.5 Å². The lowest BCUT2D eigenvalue weighted by Crippen LogP contribution is -2.08. The smallest absolute Gasteiger partial charge is 0.338 e. The Labute approximate surface area is 210 Å². The second-order valence-electron chi connectivity index (χ2n) is 7.95. The SMILES string of the molecule is C=C(C)C(=O)OCc1cccc(C#Cc2ccc(C#Cc3cccc(OC(=O)C(=C)C)c3)cc2F)c1. The molecular formula is C31H23FO4. The van der Waals surface area contributed by atoms with Crippen LogP contribution < -0.4 is 4.74 Å². The van der Waals surface area contributed by atoms with Gasteiger partial charge in [-0.2, -0.15) is 0 Å². The van der Waals surface area contributed by atoms with Crippen molar-refractivity contribution in [2.45, 2.75) is 20.5 Å². The normalized spacial score (nSPS) is 9.64. The van der Waals surface area contributed by atoms with Crippen LogP contribution in [0.2, 0.25) is 0 Å². The third-order valence-corrected chi connectivity index (χ3v) is 4.70. The summed E-state index contributed by atoms with van der Waals surface area (Å²) in [5.41, 5.74) is 3.36. The van der Waals surface area contributed by atoms with Gasteiger partial charge in [-0.05, 0) is 67.9 Å². The number of hydrogen-bond donors (Lipinski definition) is 0. The molecule has 0 bridgehead atoms. The van der Waals surface area contributed by atoms with E-state index in [1.165, 1.54) is 6.07 Å². The third kappa shape index (κ3) is 7.58. The van der Waals surface area contributed by atoms with Gasteiger partial charge in [-0.25, -0.2) is 14.0 Å². The summed E-state index contributed by atoms with van der Waals surface area (Å²) in [6.07, 6.45) is 0. The molecule has 0 N–H and O–H groups in total. The number of carbonyl (C=O) groups excluding carboxylic acids is 2. The number of benzene rings is 3. The van der Waals surface area contributed by atoms with E-state index >= 15 is 0 Å². The molecule has 0 amide bonds. The first-order valence-corrected chi connectivity index (χ1v) is 10.9. The minimum Gasteiger partial charge on any atom is -0.457 e. The molecule has 0 aromatic heterocycles. The van der Waals surface area contributed by atoms with Crippen LogP contribution in [-0.4, -0.2) is 11.9 Å². The number of ether oxygens (including phenoxy) is 2. The summed E-state index contributed by atoms with van der Waals surface area (Å²) in [5, 5.41) is 0. The van der Waals surface area contributed by atoms with Gasteiger partial charge in [0.2, 0.25) is 0 Å². The van der Waals surface area contributed by atoms with E-state index in [2.05, 4.69) is 36.8 Å². The fourth-order valence-corrected chi connectivity index (χ4v) is 2.82. The Morgan fingerprint density at radius 2 is 1.39 bits per heavy atom. The third-order valence-electron chi connectivity index (χ3n) is 4.70. The molecule has 3 aromatic rings. The van der Waals surface area contributed by atoms with E-state index in [1.54, 1.807) is 68.4 Å².